The summed E-state index contributed by atoms with van der Waals surface area (Å²) in [5.74, 6) is -0.490. The zero-order valence-electron chi connectivity index (χ0n) is 13.3. The Morgan fingerprint density at radius 3 is 2.61 bits per heavy atom. The number of benzene rings is 2. The van der Waals surface area contributed by atoms with E-state index >= 15 is 0 Å². The van der Waals surface area contributed by atoms with Gasteiger partial charge in [-0.15, -0.1) is 0 Å². The zero-order valence-corrected chi connectivity index (χ0v) is 13.3. The van der Waals surface area contributed by atoms with Crippen LogP contribution in [0.5, 0.6) is 0 Å². The molecule has 1 N–H and O–H groups in total. The fourth-order valence-electron chi connectivity index (χ4n) is 2.97. The number of nitrogens with zero attached hydrogens (tertiary/aromatic N) is 1. The molecule has 2 aromatic carbocycles. The van der Waals surface area contributed by atoms with Crippen LogP contribution in [0, 0.1) is 5.82 Å². The van der Waals surface area contributed by atoms with Gasteiger partial charge in [0, 0.05) is 31.2 Å². The van der Waals surface area contributed by atoms with Gasteiger partial charge in [-0.3, -0.25) is 9.69 Å². The number of amides is 1. The van der Waals surface area contributed by atoms with E-state index in [4.69, 9.17) is 0 Å². The molecule has 0 saturated heterocycles. The summed E-state index contributed by atoms with van der Waals surface area (Å²) >= 11 is 0. The van der Waals surface area contributed by atoms with Gasteiger partial charge in [-0.1, -0.05) is 24.3 Å². The van der Waals surface area contributed by atoms with E-state index in [0.29, 0.717) is 12.1 Å². The number of nitrogens with one attached hydrogen (secondary N) is 1. The minimum absolute atomic E-state index is 0.158. The lowest BCUT2D eigenvalue weighted by molar-refractivity contribution is 0.0932. The van der Waals surface area contributed by atoms with Crippen molar-refractivity contribution in [1.29, 1.82) is 0 Å². The second-order valence-electron chi connectivity index (χ2n) is 6.06. The Labute approximate surface area is 136 Å². The van der Waals surface area contributed by atoms with Crippen LogP contribution in [-0.2, 0) is 13.0 Å². The quantitative estimate of drug-likeness (QED) is 0.941. The lowest BCUT2D eigenvalue weighted by Gasteiger charge is -2.33. The minimum Gasteiger partial charge on any atom is -0.350 e. The first-order valence-corrected chi connectivity index (χ1v) is 7.98. The number of carbonyl (C=O) groups is 1. The van der Waals surface area contributed by atoms with Crippen molar-refractivity contribution in [3.63, 3.8) is 0 Å². The van der Waals surface area contributed by atoms with E-state index in [1.165, 1.54) is 35.4 Å². The lowest BCUT2D eigenvalue weighted by Crippen LogP contribution is -2.44. The molecule has 3 rings (SSSR count). The van der Waals surface area contributed by atoms with E-state index in [9.17, 15) is 9.18 Å². The van der Waals surface area contributed by atoms with Crippen molar-refractivity contribution in [3.8, 4) is 0 Å². The Balaban J connectivity index is 1.55. The van der Waals surface area contributed by atoms with Crippen molar-refractivity contribution < 1.29 is 9.18 Å². The highest BCUT2D eigenvalue weighted by Gasteiger charge is 2.20. The Bertz CT molecular complexity index is 684. The number of hydrogen-bond donors (Lipinski definition) is 1. The summed E-state index contributed by atoms with van der Waals surface area (Å²) in [6.45, 7) is 4.63. The number of hydrogen-bond acceptors (Lipinski definition) is 2. The number of fused-ring (bicyclic) bond motifs is 1. The molecule has 23 heavy (non-hydrogen) atoms. The summed E-state index contributed by atoms with van der Waals surface area (Å²) in [5, 5.41) is 2.94. The van der Waals surface area contributed by atoms with Gasteiger partial charge in [-0.05, 0) is 48.7 Å². The second-order valence-corrected chi connectivity index (χ2v) is 6.06. The van der Waals surface area contributed by atoms with Crippen LogP contribution in [0.4, 0.5) is 4.39 Å². The Morgan fingerprint density at radius 2 is 1.87 bits per heavy atom. The van der Waals surface area contributed by atoms with Crippen LogP contribution in [-0.4, -0.2) is 29.9 Å². The highest BCUT2D eigenvalue weighted by Crippen LogP contribution is 2.20. The Kier molecular flexibility index (Phi) is 4.72. The maximum Gasteiger partial charge on any atom is 0.251 e. The summed E-state index contributed by atoms with van der Waals surface area (Å²) in [5.41, 5.74) is 3.28. The summed E-state index contributed by atoms with van der Waals surface area (Å²) in [4.78, 5) is 14.5. The molecule has 0 saturated carbocycles. The van der Waals surface area contributed by atoms with Gasteiger partial charge in [-0.25, -0.2) is 4.39 Å². The van der Waals surface area contributed by atoms with E-state index in [0.717, 1.165) is 19.5 Å². The minimum atomic E-state index is -0.332. The van der Waals surface area contributed by atoms with E-state index in [1.54, 1.807) is 0 Å². The summed E-state index contributed by atoms with van der Waals surface area (Å²) < 4.78 is 12.9. The van der Waals surface area contributed by atoms with Gasteiger partial charge in [0.05, 0.1) is 0 Å². The van der Waals surface area contributed by atoms with E-state index in [-0.39, 0.29) is 17.8 Å². The average molecular weight is 312 g/mol. The Hall–Kier alpha value is -2.20. The third-order valence-corrected chi connectivity index (χ3v) is 4.45. The van der Waals surface area contributed by atoms with Crippen LogP contribution in [0.15, 0.2) is 48.5 Å². The highest BCUT2D eigenvalue weighted by atomic mass is 19.1. The Morgan fingerprint density at radius 1 is 1.17 bits per heavy atom. The second kappa shape index (κ2) is 6.92. The van der Waals surface area contributed by atoms with Gasteiger partial charge in [0.15, 0.2) is 0 Å². The maximum atomic E-state index is 12.9. The molecule has 0 fully saturated rings. The smallest absolute Gasteiger partial charge is 0.251 e. The fraction of sp³-hybridized carbons (Fsp3) is 0.316. The highest BCUT2D eigenvalue weighted by molar-refractivity contribution is 5.94. The normalized spacial score (nSPS) is 15.7. The third kappa shape index (κ3) is 3.77. The fourth-order valence-corrected chi connectivity index (χ4v) is 2.97. The van der Waals surface area contributed by atoms with Crippen LogP contribution in [0.2, 0.25) is 0 Å². The van der Waals surface area contributed by atoms with Gasteiger partial charge in [0.2, 0.25) is 0 Å². The molecule has 1 atom stereocenters. The van der Waals surface area contributed by atoms with Crippen LogP contribution >= 0.6 is 0 Å². The maximum absolute atomic E-state index is 12.9. The SMILES string of the molecule is C[C@H](CNC(=O)c1ccc(F)cc1)N1CCc2ccccc2C1. The first kappa shape index (κ1) is 15.7. The molecule has 0 unspecified atom stereocenters. The molecule has 2 aromatic rings. The number of carbonyl (C=O) groups excluding carboxylic acids is 1. The van der Waals surface area contributed by atoms with Crippen LogP contribution in [0.25, 0.3) is 0 Å². The molecule has 120 valence electrons. The van der Waals surface area contributed by atoms with Gasteiger partial charge in [-0.2, -0.15) is 0 Å². The van der Waals surface area contributed by atoms with Crippen molar-refractivity contribution >= 4 is 5.91 Å². The molecule has 1 amide bonds. The molecular weight excluding hydrogens is 291 g/mol. The van der Waals surface area contributed by atoms with Gasteiger partial charge in [0.25, 0.3) is 5.91 Å². The molecule has 1 aliphatic heterocycles. The van der Waals surface area contributed by atoms with E-state index in [2.05, 4.69) is 41.4 Å². The first-order valence-electron chi connectivity index (χ1n) is 7.98. The van der Waals surface area contributed by atoms with Crippen LogP contribution in [0.1, 0.15) is 28.4 Å². The molecule has 0 radical (unpaired) electrons. The zero-order chi connectivity index (χ0) is 16.2. The summed E-state index contributed by atoms with van der Waals surface area (Å²) in [6, 6.07) is 14.4. The van der Waals surface area contributed by atoms with E-state index < -0.39 is 0 Å². The average Bonchev–Trinajstić information content (AvgIpc) is 2.59. The largest absolute Gasteiger partial charge is 0.350 e. The van der Waals surface area contributed by atoms with Gasteiger partial charge >= 0.3 is 0 Å². The van der Waals surface area contributed by atoms with Crippen molar-refractivity contribution in [1.82, 2.24) is 10.2 Å². The van der Waals surface area contributed by atoms with Crippen molar-refractivity contribution in [2.75, 3.05) is 13.1 Å². The lowest BCUT2D eigenvalue weighted by atomic mass is 9.99. The third-order valence-electron chi connectivity index (χ3n) is 4.45. The predicted octanol–water partition coefficient (Wildman–Crippen LogP) is 3.00. The molecule has 4 heteroatoms. The number of rotatable bonds is 4. The molecular formula is C19H21FN2O. The molecule has 0 aliphatic carbocycles. The molecule has 1 heterocycles. The van der Waals surface area contributed by atoms with Crippen LogP contribution in [0.3, 0.4) is 0 Å². The topological polar surface area (TPSA) is 32.3 Å². The van der Waals surface area contributed by atoms with Crippen molar-refractivity contribution in [3.05, 3.63) is 71.0 Å². The number of halogens is 1. The first-order chi connectivity index (χ1) is 11.1. The van der Waals surface area contributed by atoms with Crippen molar-refractivity contribution in [2.24, 2.45) is 0 Å². The van der Waals surface area contributed by atoms with Gasteiger partial charge in [0.1, 0.15) is 5.82 Å². The molecule has 0 spiro atoms. The summed E-state index contributed by atoms with van der Waals surface area (Å²) in [7, 11) is 0. The standard InChI is InChI=1S/C19H21FN2O/c1-14(12-21-19(23)16-6-8-18(20)9-7-16)22-11-10-15-4-2-3-5-17(15)13-22/h2-9,14H,10-13H2,1H3,(H,21,23)/t14-/m1/s1. The van der Waals surface area contributed by atoms with Gasteiger partial charge < -0.3 is 5.32 Å². The molecule has 0 aromatic heterocycles. The predicted molar refractivity (Wildman–Crippen MR) is 88.8 cm³/mol. The molecule has 3 nitrogen and oxygen atoms in total. The van der Waals surface area contributed by atoms with Crippen LogP contribution < -0.4 is 5.32 Å². The summed E-state index contributed by atoms with van der Waals surface area (Å²) in [6.07, 6.45) is 1.05. The molecule has 0 bridgehead atoms. The van der Waals surface area contributed by atoms with E-state index in [1.807, 2.05) is 0 Å². The van der Waals surface area contributed by atoms with Crippen molar-refractivity contribution in [2.45, 2.75) is 25.9 Å². The molecule has 1 aliphatic rings. The monoisotopic (exact) mass is 312 g/mol.